The Hall–Kier alpha value is -3.05. The molecule has 206 valence electrons. The zero-order chi connectivity index (χ0) is 26.8. The number of hydrogen-bond donors (Lipinski definition) is 3. The summed E-state index contributed by atoms with van der Waals surface area (Å²) in [4.78, 5) is 29.0. The Bertz CT molecular complexity index is 1320. The number of aliphatic hydroxyl groups is 1. The predicted molar refractivity (Wildman–Crippen MR) is 149 cm³/mol. The Labute approximate surface area is 223 Å². The minimum Gasteiger partial charge on any atom is -0.395 e. The van der Waals surface area contributed by atoms with Gasteiger partial charge in [0, 0.05) is 32.4 Å². The zero-order valence-electron chi connectivity index (χ0n) is 21.7. The smallest absolute Gasteiger partial charge is 0.292 e. The van der Waals surface area contributed by atoms with E-state index in [0.29, 0.717) is 22.4 Å². The molecular weight excluding hydrogens is 506 g/mol. The van der Waals surface area contributed by atoms with Crippen molar-refractivity contribution in [1.82, 2.24) is 4.68 Å². The normalized spacial score (nSPS) is 19.2. The highest BCUT2D eigenvalue weighted by Crippen LogP contribution is 2.54. The number of pyridine rings is 1. The van der Waals surface area contributed by atoms with Gasteiger partial charge in [0.1, 0.15) is 5.69 Å². The van der Waals surface area contributed by atoms with Crippen LogP contribution in [0.5, 0.6) is 0 Å². The third-order valence-corrected chi connectivity index (χ3v) is 9.33. The monoisotopic (exact) mass is 543 g/mol. The lowest BCUT2D eigenvalue weighted by molar-refractivity contribution is 0.102. The van der Waals surface area contributed by atoms with Gasteiger partial charge in [0.2, 0.25) is 10.0 Å². The molecule has 1 aromatic carbocycles. The van der Waals surface area contributed by atoms with Crippen molar-refractivity contribution < 1.29 is 18.3 Å². The molecule has 5 rings (SSSR count). The second-order valence-corrected chi connectivity index (χ2v) is 12.6. The third-order valence-electron chi connectivity index (χ3n) is 8.06. The van der Waals surface area contributed by atoms with Crippen molar-refractivity contribution >= 4 is 33.0 Å². The molecule has 3 heterocycles. The number of piperidine rings is 1. The number of aliphatic hydroxyl groups excluding tert-OH is 1. The van der Waals surface area contributed by atoms with Gasteiger partial charge in [-0.15, -0.1) is 0 Å². The van der Waals surface area contributed by atoms with E-state index in [4.69, 9.17) is 5.11 Å². The molecular formula is C27H37N5O5S. The summed E-state index contributed by atoms with van der Waals surface area (Å²) in [5.41, 5.74) is 1.71. The van der Waals surface area contributed by atoms with Gasteiger partial charge in [0.25, 0.3) is 11.5 Å². The van der Waals surface area contributed by atoms with Crippen molar-refractivity contribution in [3.05, 3.63) is 52.4 Å². The van der Waals surface area contributed by atoms with E-state index in [0.717, 1.165) is 64.7 Å². The van der Waals surface area contributed by atoms with Gasteiger partial charge in [0.15, 0.2) is 0 Å². The van der Waals surface area contributed by atoms with Crippen LogP contribution >= 0.6 is 0 Å². The molecule has 2 saturated heterocycles. The van der Waals surface area contributed by atoms with Gasteiger partial charge in [-0.05, 0) is 74.3 Å². The summed E-state index contributed by atoms with van der Waals surface area (Å²) in [7, 11) is -3.71. The largest absolute Gasteiger partial charge is 0.395 e. The first kappa shape index (κ1) is 26.6. The molecule has 10 nitrogen and oxygen atoms in total. The van der Waals surface area contributed by atoms with E-state index < -0.39 is 28.3 Å². The van der Waals surface area contributed by atoms with Gasteiger partial charge >= 0.3 is 0 Å². The highest BCUT2D eigenvalue weighted by atomic mass is 32.2. The molecule has 0 unspecified atom stereocenters. The highest BCUT2D eigenvalue weighted by Gasteiger charge is 2.44. The van der Waals surface area contributed by atoms with Crippen LogP contribution in [0.3, 0.4) is 0 Å². The molecule has 3 N–H and O–H groups in total. The van der Waals surface area contributed by atoms with Gasteiger partial charge in [-0.3, -0.25) is 14.3 Å². The van der Waals surface area contributed by atoms with Gasteiger partial charge in [-0.2, -0.15) is 0 Å². The third kappa shape index (κ3) is 5.99. The highest BCUT2D eigenvalue weighted by molar-refractivity contribution is 7.92. The van der Waals surface area contributed by atoms with E-state index >= 15 is 0 Å². The fourth-order valence-electron chi connectivity index (χ4n) is 5.56. The number of amides is 1. The van der Waals surface area contributed by atoms with Crippen LogP contribution in [0.4, 0.5) is 17.1 Å². The molecule has 1 aromatic heterocycles. The molecule has 0 bridgehead atoms. The van der Waals surface area contributed by atoms with E-state index in [1.54, 1.807) is 41.2 Å². The van der Waals surface area contributed by atoms with Crippen LogP contribution in [-0.2, 0) is 10.0 Å². The van der Waals surface area contributed by atoms with Crippen LogP contribution in [0.25, 0.3) is 0 Å². The molecule has 3 fully saturated rings. The topological polar surface area (TPSA) is 124 Å². The SMILES string of the molecule is O=C(Nc1cccn(N2CCCCCC2)c1=O)c1ccc(NS(=O)(=O)CCO)cc1N1CCC2(CC1)CC2. The van der Waals surface area contributed by atoms with Crippen molar-refractivity contribution in [2.24, 2.45) is 5.41 Å². The second-order valence-electron chi connectivity index (χ2n) is 10.8. The molecule has 1 spiro atoms. The van der Waals surface area contributed by atoms with Crippen LogP contribution in [0.2, 0.25) is 0 Å². The van der Waals surface area contributed by atoms with E-state index in [9.17, 15) is 18.0 Å². The van der Waals surface area contributed by atoms with Gasteiger partial charge in [-0.1, -0.05) is 12.8 Å². The molecule has 0 radical (unpaired) electrons. The number of nitrogens with one attached hydrogen (secondary N) is 2. The van der Waals surface area contributed by atoms with Gasteiger partial charge in [0.05, 0.1) is 29.3 Å². The first-order chi connectivity index (χ1) is 18.3. The summed E-state index contributed by atoms with van der Waals surface area (Å²) in [6.45, 7) is 2.67. The lowest BCUT2D eigenvalue weighted by Crippen LogP contribution is -2.43. The van der Waals surface area contributed by atoms with Gasteiger partial charge < -0.3 is 20.3 Å². The van der Waals surface area contributed by atoms with Crippen LogP contribution in [0.15, 0.2) is 41.3 Å². The summed E-state index contributed by atoms with van der Waals surface area (Å²) in [5, 5.41) is 13.9. The molecule has 11 heteroatoms. The Kier molecular flexibility index (Phi) is 7.67. The van der Waals surface area contributed by atoms with Crippen molar-refractivity contribution in [3.8, 4) is 0 Å². The standard InChI is InChI=1S/C27H37N5O5S/c33-18-19-38(36,37)29-21-7-8-22(24(20-21)30-16-11-27(9-10-27)12-17-30)25(34)28-23-6-5-15-32(26(23)35)31-13-3-1-2-4-14-31/h5-8,15,20,29,33H,1-4,9-14,16-19H2,(H,28,34). The minimum absolute atomic E-state index is 0.205. The Morgan fingerprint density at radius 3 is 2.34 bits per heavy atom. The number of aromatic nitrogens is 1. The number of carbonyl (C=O) groups excluding carboxylic acids is 1. The maximum Gasteiger partial charge on any atom is 0.292 e. The minimum atomic E-state index is -3.71. The molecule has 3 aliphatic rings. The van der Waals surface area contributed by atoms with E-state index in [1.807, 2.05) is 5.01 Å². The van der Waals surface area contributed by atoms with Crippen LogP contribution in [0.1, 0.15) is 61.7 Å². The number of rotatable bonds is 8. The lowest BCUT2D eigenvalue weighted by atomic mass is 9.93. The zero-order valence-corrected chi connectivity index (χ0v) is 22.5. The number of hydrogen-bond acceptors (Lipinski definition) is 7. The second kappa shape index (κ2) is 11.0. The number of sulfonamides is 1. The fourth-order valence-corrected chi connectivity index (χ4v) is 6.39. The summed E-state index contributed by atoms with van der Waals surface area (Å²) in [6.07, 6.45) is 10.6. The van der Waals surface area contributed by atoms with Crippen molar-refractivity contribution in [1.29, 1.82) is 0 Å². The summed E-state index contributed by atoms with van der Waals surface area (Å²) in [6, 6.07) is 8.19. The average molecular weight is 544 g/mol. The molecule has 2 aliphatic heterocycles. The number of carbonyl (C=O) groups is 1. The number of benzene rings is 1. The summed E-state index contributed by atoms with van der Waals surface area (Å²) < 4.78 is 28.6. The van der Waals surface area contributed by atoms with Gasteiger partial charge in [-0.25, -0.2) is 13.1 Å². The van der Waals surface area contributed by atoms with Crippen molar-refractivity contribution in [3.63, 3.8) is 0 Å². The molecule has 1 amide bonds. The first-order valence-electron chi connectivity index (χ1n) is 13.6. The molecule has 38 heavy (non-hydrogen) atoms. The van der Waals surface area contributed by atoms with E-state index in [-0.39, 0.29) is 11.2 Å². The number of nitrogens with zero attached hydrogens (tertiary/aromatic N) is 3. The Balaban J connectivity index is 1.41. The number of anilines is 3. The Morgan fingerprint density at radius 1 is 0.974 bits per heavy atom. The fraction of sp³-hybridized carbons (Fsp3) is 0.556. The molecule has 1 aliphatic carbocycles. The molecule has 2 aromatic rings. The maximum absolute atomic E-state index is 13.5. The van der Waals surface area contributed by atoms with Crippen LogP contribution < -0.4 is 25.5 Å². The first-order valence-corrected chi connectivity index (χ1v) is 15.2. The van der Waals surface area contributed by atoms with E-state index in [2.05, 4.69) is 14.9 Å². The summed E-state index contributed by atoms with van der Waals surface area (Å²) in [5.74, 6) is -0.823. The quantitative estimate of drug-likeness (QED) is 0.468. The molecule has 0 atom stereocenters. The van der Waals surface area contributed by atoms with E-state index in [1.165, 1.54) is 12.8 Å². The maximum atomic E-state index is 13.5. The Morgan fingerprint density at radius 2 is 1.68 bits per heavy atom. The van der Waals surface area contributed by atoms with Crippen LogP contribution in [-0.4, -0.2) is 62.6 Å². The van der Waals surface area contributed by atoms with Crippen molar-refractivity contribution in [2.75, 3.05) is 58.5 Å². The lowest BCUT2D eigenvalue weighted by Gasteiger charge is -2.35. The van der Waals surface area contributed by atoms with Crippen molar-refractivity contribution in [2.45, 2.75) is 51.4 Å². The molecule has 1 saturated carbocycles. The predicted octanol–water partition coefficient (Wildman–Crippen LogP) is 2.73. The summed E-state index contributed by atoms with van der Waals surface area (Å²) >= 11 is 0. The van der Waals surface area contributed by atoms with Crippen LogP contribution in [0, 0.1) is 5.41 Å². The average Bonchev–Trinajstić information content (AvgIpc) is 3.69.